The molecule has 10 nitrogen and oxygen atoms in total. The maximum atomic E-state index is 12.8. The van der Waals surface area contributed by atoms with Crippen molar-refractivity contribution in [3.8, 4) is 0 Å². The first-order valence-corrected chi connectivity index (χ1v) is 13.6. The zero-order valence-corrected chi connectivity index (χ0v) is 25.3. The highest BCUT2D eigenvalue weighted by Gasteiger charge is 2.32. The molecule has 3 atom stereocenters. The maximum Gasteiger partial charge on any atom is 0.404 e. The molecular weight excluding hydrogens is 550 g/mol. The molecule has 11 heteroatoms. The van der Waals surface area contributed by atoms with Gasteiger partial charge in [0, 0.05) is 36.8 Å². The number of esters is 1. The normalized spacial score (nSPS) is 18.2. The molecule has 4 N–H and O–H groups in total. The van der Waals surface area contributed by atoms with Crippen molar-refractivity contribution in [3.63, 3.8) is 0 Å². The lowest BCUT2D eigenvalue weighted by atomic mass is 9.86. The van der Waals surface area contributed by atoms with E-state index in [2.05, 4.69) is 10.6 Å². The Balaban J connectivity index is 2.64. The first-order valence-electron chi connectivity index (χ1n) is 13.2. The summed E-state index contributed by atoms with van der Waals surface area (Å²) in [6, 6.07) is -0.819. The van der Waals surface area contributed by atoms with E-state index < -0.39 is 41.4 Å². The first-order chi connectivity index (χ1) is 19.2. The fourth-order valence-corrected chi connectivity index (χ4v) is 3.68. The molecule has 0 spiro atoms. The van der Waals surface area contributed by atoms with E-state index in [4.69, 9.17) is 31.5 Å². The van der Waals surface area contributed by atoms with Gasteiger partial charge in [-0.3, -0.25) is 9.59 Å². The molecule has 0 aromatic rings. The van der Waals surface area contributed by atoms with Gasteiger partial charge in [0.1, 0.15) is 18.2 Å². The van der Waals surface area contributed by atoms with Crippen molar-refractivity contribution in [1.29, 1.82) is 0 Å². The average Bonchev–Trinajstić information content (AvgIpc) is 2.88. The molecule has 0 aliphatic carbocycles. The average molecular weight is 592 g/mol. The molecule has 1 aliphatic rings. The number of nitrogens with two attached hydrogens (primary N) is 1. The second-order valence-electron chi connectivity index (χ2n) is 10.5. The van der Waals surface area contributed by atoms with Crippen LogP contribution in [0.2, 0.25) is 0 Å². The number of halogens is 1. The van der Waals surface area contributed by atoms with Gasteiger partial charge in [-0.2, -0.15) is 0 Å². The third-order valence-electron chi connectivity index (χ3n) is 5.78. The van der Waals surface area contributed by atoms with Crippen LogP contribution in [0.4, 0.5) is 4.79 Å². The minimum absolute atomic E-state index is 0.222. The van der Waals surface area contributed by atoms with E-state index in [0.717, 1.165) is 5.57 Å². The van der Waals surface area contributed by atoms with Crippen LogP contribution in [0.15, 0.2) is 71.2 Å². The first kappa shape index (κ1) is 35.2. The fourth-order valence-electron chi connectivity index (χ4n) is 3.59. The Labute approximate surface area is 247 Å². The zero-order chi connectivity index (χ0) is 31.0. The Morgan fingerprint density at radius 1 is 1.17 bits per heavy atom. The van der Waals surface area contributed by atoms with E-state index in [0.29, 0.717) is 30.7 Å². The molecule has 0 radical (unpaired) electrons. The van der Waals surface area contributed by atoms with Crippen LogP contribution in [0.25, 0.3) is 0 Å². The van der Waals surface area contributed by atoms with Crippen molar-refractivity contribution < 1.29 is 33.4 Å². The fraction of sp³-hybridized carbons (Fsp3) is 0.467. The van der Waals surface area contributed by atoms with Crippen molar-refractivity contribution in [3.05, 3.63) is 71.2 Å². The Morgan fingerprint density at radius 2 is 1.85 bits per heavy atom. The molecular formula is C30H42ClN3O7. The Hall–Kier alpha value is -3.79. The van der Waals surface area contributed by atoms with Gasteiger partial charge in [-0.05, 0) is 31.5 Å². The third-order valence-corrected chi connectivity index (χ3v) is 5.94. The van der Waals surface area contributed by atoms with Crippen LogP contribution in [-0.2, 0) is 28.6 Å². The summed E-state index contributed by atoms with van der Waals surface area (Å²) >= 11 is 5.84. The van der Waals surface area contributed by atoms with Crippen LogP contribution >= 0.6 is 11.6 Å². The van der Waals surface area contributed by atoms with Gasteiger partial charge in [0.25, 0.3) is 0 Å². The highest BCUT2D eigenvalue weighted by atomic mass is 35.5. The monoisotopic (exact) mass is 591 g/mol. The SMILES string of the molecule is COC1=CCC(C/C=C(C)/C=C\C=C\C(=O)NC(C(=O)N/C=C\CC(C/C=C(\C)Cl)OC(N)=O)C(C)(C)C)OC1=O. The molecule has 1 heterocycles. The number of nitrogens with one attached hydrogen (secondary N) is 2. The summed E-state index contributed by atoms with van der Waals surface area (Å²) < 4.78 is 15.3. The number of carbonyl (C=O) groups is 4. The summed E-state index contributed by atoms with van der Waals surface area (Å²) in [5.74, 6) is -1.07. The topological polar surface area (TPSA) is 146 Å². The molecule has 0 saturated carbocycles. The summed E-state index contributed by atoms with van der Waals surface area (Å²) in [7, 11) is 1.43. The lowest BCUT2D eigenvalue weighted by Crippen LogP contribution is -2.52. The quantitative estimate of drug-likeness (QED) is 0.149. The van der Waals surface area contributed by atoms with Crippen LogP contribution < -0.4 is 16.4 Å². The highest BCUT2D eigenvalue weighted by Crippen LogP contribution is 2.20. The van der Waals surface area contributed by atoms with Gasteiger partial charge < -0.3 is 30.6 Å². The van der Waals surface area contributed by atoms with Crippen molar-refractivity contribution in [1.82, 2.24) is 10.6 Å². The molecule has 0 fully saturated rings. The summed E-state index contributed by atoms with van der Waals surface area (Å²) in [6.07, 6.45) is 15.0. The standard InChI is InChI=1S/C30H42ClN3O7/c1-20(13-15-23-17-18-24(39-6)28(37)40-23)10-7-8-12-25(35)34-26(30(3,4)5)27(36)33-19-9-11-22(41-29(32)38)16-14-21(2)31/h7-10,12-14,18-19,22-23,26H,11,15-17H2,1-6H3,(H2,32,38)(H,33,36)(H,34,35)/b10-7-,12-8+,19-9-,20-13+,21-14+. The number of carbonyl (C=O) groups excluding carboxylic acids is 4. The van der Waals surface area contributed by atoms with E-state index >= 15 is 0 Å². The van der Waals surface area contributed by atoms with Crippen molar-refractivity contribution in [2.75, 3.05) is 7.11 Å². The Kier molecular flexibility index (Phi) is 15.3. The number of cyclic esters (lactones) is 1. The number of primary amides is 1. The Morgan fingerprint density at radius 3 is 2.44 bits per heavy atom. The Bertz CT molecular complexity index is 1110. The molecule has 1 aliphatic heterocycles. The number of methoxy groups -OCH3 is 1. The van der Waals surface area contributed by atoms with Gasteiger partial charge in [0.2, 0.25) is 11.8 Å². The van der Waals surface area contributed by atoms with E-state index in [1.807, 2.05) is 39.8 Å². The summed E-state index contributed by atoms with van der Waals surface area (Å²) in [6.45, 7) is 9.13. The molecule has 0 bridgehead atoms. The second-order valence-corrected chi connectivity index (χ2v) is 11.1. The number of allylic oxidation sites excluding steroid dienone is 5. The predicted molar refractivity (Wildman–Crippen MR) is 158 cm³/mol. The van der Waals surface area contributed by atoms with Crippen molar-refractivity contribution in [2.24, 2.45) is 11.1 Å². The molecule has 0 saturated heterocycles. The molecule has 226 valence electrons. The van der Waals surface area contributed by atoms with Crippen molar-refractivity contribution >= 4 is 35.5 Å². The van der Waals surface area contributed by atoms with Crippen LogP contribution in [0.1, 0.15) is 60.3 Å². The molecule has 1 rings (SSSR count). The minimum atomic E-state index is -0.900. The highest BCUT2D eigenvalue weighted by molar-refractivity contribution is 6.29. The zero-order valence-electron chi connectivity index (χ0n) is 24.6. The molecule has 41 heavy (non-hydrogen) atoms. The number of rotatable bonds is 14. The largest absolute Gasteiger partial charge is 0.490 e. The smallest absolute Gasteiger partial charge is 0.404 e. The van der Waals surface area contributed by atoms with Gasteiger partial charge in [0.05, 0.1) is 7.11 Å². The van der Waals surface area contributed by atoms with Crippen LogP contribution in [0.3, 0.4) is 0 Å². The second kappa shape index (κ2) is 17.8. The van der Waals surface area contributed by atoms with Crippen LogP contribution in [0.5, 0.6) is 0 Å². The van der Waals surface area contributed by atoms with E-state index in [9.17, 15) is 19.2 Å². The summed E-state index contributed by atoms with van der Waals surface area (Å²) in [4.78, 5) is 48.2. The molecule has 3 amide bonds. The molecule has 0 aromatic carbocycles. The van der Waals surface area contributed by atoms with Gasteiger partial charge in [-0.15, -0.1) is 0 Å². The summed E-state index contributed by atoms with van der Waals surface area (Å²) in [5.41, 5.74) is 5.48. The molecule has 3 unspecified atom stereocenters. The lowest BCUT2D eigenvalue weighted by Gasteiger charge is -2.29. The van der Waals surface area contributed by atoms with Gasteiger partial charge in [-0.25, -0.2) is 9.59 Å². The lowest BCUT2D eigenvalue weighted by molar-refractivity contribution is -0.149. The number of ether oxygens (including phenoxy) is 3. The van der Waals surface area contributed by atoms with E-state index in [1.165, 1.54) is 19.4 Å². The predicted octanol–water partition coefficient (Wildman–Crippen LogP) is 4.83. The summed E-state index contributed by atoms with van der Waals surface area (Å²) in [5, 5.41) is 5.97. The van der Waals surface area contributed by atoms with Crippen LogP contribution in [0, 0.1) is 5.41 Å². The minimum Gasteiger partial charge on any atom is -0.490 e. The van der Waals surface area contributed by atoms with E-state index in [-0.39, 0.29) is 11.9 Å². The molecule has 0 aromatic heterocycles. The van der Waals surface area contributed by atoms with Crippen LogP contribution in [-0.4, -0.2) is 49.2 Å². The number of amides is 3. The maximum absolute atomic E-state index is 12.8. The van der Waals surface area contributed by atoms with Gasteiger partial charge >= 0.3 is 12.1 Å². The third kappa shape index (κ3) is 15.0. The van der Waals surface area contributed by atoms with Crippen molar-refractivity contribution in [2.45, 2.75) is 78.6 Å². The van der Waals surface area contributed by atoms with E-state index in [1.54, 1.807) is 37.3 Å². The van der Waals surface area contributed by atoms with Gasteiger partial charge in [0.15, 0.2) is 5.76 Å². The number of hydrogen-bond donors (Lipinski definition) is 3. The number of hydrogen-bond acceptors (Lipinski definition) is 7. The van der Waals surface area contributed by atoms with Gasteiger partial charge in [-0.1, -0.05) is 74.4 Å².